The molecule has 1 fully saturated rings. The summed E-state index contributed by atoms with van der Waals surface area (Å²) in [5.74, 6) is 0. The maximum absolute atomic E-state index is 10.9. The molecule has 1 saturated heterocycles. The number of carbonyl (C=O) groups excluding carboxylic acids is 1. The molecule has 0 aliphatic carbocycles. The number of nitrogens with zero attached hydrogens (tertiary/aromatic N) is 1. The van der Waals surface area contributed by atoms with Crippen LogP contribution in [0.1, 0.15) is 6.92 Å². The Morgan fingerprint density at radius 1 is 1.54 bits per heavy atom. The number of hydrogen-bond donors (Lipinski definition) is 2. The number of carbonyl (C=O) groups is 1. The molecule has 0 radical (unpaired) electrons. The van der Waals surface area contributed by atoms with Crippen molar-refractivity contribution in [3.05, 3.63) is 0 Å². The maximum Gasteiger partial charge on any atom is 0.421 e. The highest BCUT2D eigenvalue weighted by atomic mass is 35.5. The summed E-state index contributed by atoms with van der Waals surface area (Å²) in [4.78, 5) is 10.9. The number of piperazine rings is 1. The van der Waals surface area contributed by atoms with E-state index >= 15 is 0 Å². The monoisotopic (exact) mass is 209 g/mol. The van der Waals surface area contributed by atoms with Crippen LogP contribution in [0.15, 0.2) is 0 Å². The molecule has 0 aromatic rings. The fourth-order valence-corrected chi connectivity index (χ4v) is 1.07. The van der Waals surface area contributed by atoms with Crippen LogP contribution in [0.4, 0.5) is 4.79 Å². The summed E-state index contributed by atoms with van der Waals surface area (Å²) < 4.78 is 4.73. The predicted molar refractivity (Wildman–Crippen MR) is 51.8 cm³/mol. The van der Waals surface area contributed by atoms with Crippen LogP contribution < -0.4 is 10.7 Å². The van der Waals surface area contributed by atoms with Crippen LogP contribution in [0.25, 0.3) is 0 Å². The first-order valence-electron chi connectivity index (χ1n) is 4.22. The number of nitrogens with one attached hydrogen (secondary N) is 2. The predicted octanol–water partition coefficient (Wildman–Crippen LogP) is -0.0255. The van der Waals surface area contributed by atoms with Crippen molar-refractivity contribution in [2.24, 2.45) is 0 Å². The van der Waals surface area contributed by atoms with Crippen molar-refractivity contribution >= 4 is 18.5 Å². The SMILES string of the molecule is CCOC(=O)NN1CCNCC1.Cl. The van der Waals surface area contributed by atoms with Crippen LogP contribution in [-0.2, 0) is 4.74 Å². The van der Waals surface area contributed by atoms with Crippen LogP contribution in [-0.4, -0.2) is 43.9 Å². The molecule has 1 heterocycles. The fraction of sp³-hybridized carbons (Fsp3) is 0.857. The molecule has 0 saturated carbocycles. The van der Waals surface area contributed by atoms with Crippen LogP contribution in [0.2, 0.25) is 0 Å². The molecule has 0 atom stereocenters. The Bertz CT molecular complexity index is 151. The Morgan fingerprint density at radius 2 is 2.15 bits per heavy atom. The molecule has 5 nitrogen and oxygen atoms in total. The summed E-state index contributed by atoms with van der Waals surface area (Å²) in [6, 6.07) is 0. The standard InChI is InChI=1S/C7H15N3O2.ClH/c1-2-12-7(11)9-10-5-3-8-4-6-10;/h8H,2-6H2,1H3,(H,9,11);1H. The van der Waals surface area contributed by atoms with Gasteiger partial charge >= 0.3 is 6.09 Å². The van der Waals surface area contributed by atoms with Gasteiger partial charge in [0, 0.05) is 26.2 Å². The molecular formula is C7H16ClN3O2. The summed E-state index contributed by atoms with van der Waals surface area (Å²) in [7, 11) is 0. The van der Waals surface area contributed by atoms with Gasteiger partial charge in [0.1, 0.15) is 0 Å². The van der Waals surface area contributed by atoms with Gasteiger partial charge in [0.05, 0.1) is 6.61 Å². The van der Waals surface area contributed by atoms with Gasteiger partial charge in [-0.2, -0.15) is 0 Å². The Hall–Kier alpha value is -0.520. The fourth-order valence-electron chi connectivity index (χ4n) is 1.07. The molecule has 13 heavy (non-hydrogen) atoms. The highest BCUT2D eigenvalue weighted by Gasteiger charge is 2.11. The van der Waals surface area contributed by atoms with E-state index in [1.165, 1.54) is 0 Å². The topological polar surface area (TPSA) is 53.6 Å². The van der Waals surface area contributed by atoms with Crippen LogP contribution in [0, 0.1) is 0 Å². The second-order valence-corrected chi connectivity index (χ2v) is 2.57. The molecule has 1 rings (SSSR count). The Morgan fingerprint density at radius 3 is 2.69 bits per heavy atom. The van der Waals surface area contributed by atoms with Gasteiger partial charge in [-0.15, -0.1) is 12.4 Å². The zero-order valence-electron chi connectivity index (χ0n) is 7.71. The first-order chi connectivity index (χ1) is 5.83. The van der Waals surface area contributed by atoms with E-state index in [-0.39, 0.29) is 18.5 Å². The van der Waals surface area contributed by atoms with E-state index in [2.05, 4.69) is 10.7 Å². The zero-order valence-corrected chi connectivity index (χ0v) is 8.52. The third kappa shape index (κ3) is 4.92. The number of rotatable bonds is 2. The minimum Gasteiger partial charge on any atom is -0.449 e. The van der Waals surface area contributed by atoms with Gasteiger partial charge in [0.25, 0.3) is 0 Å². The average molecular weight is 210 g/mol. The average Bonchev–Trinajstić information content (AvgIpc) is 2.06. The summed E-state index contributed by atoms with van der Waals surface area (Å²) in [6.45, 7) is 5.69. The molecule has 78 valence electrons. The highest BCUT2D eigenvalue weighted by molar-refractivity contribution is 5.85. The highest BCUT2D eigenvalue weighted by Crippen LogP contribution is 1.87. The van der Waals surface area contributed by atoms with Gasteiger partial charge in [0.15, 0.2) is 0 Å². The van der Waals surface area contributed by atoms with Crippen molar-refractivity contribution in [3.63, 3.8) is 0 Å². The molecule has 0 aromatic carbocycles. The number of amides is 1. The zero-order chi connectivity index (χ0) is 8.81. The van der Waals surface area contributed by atoms with Crippen molar-refractivity contribution < 1.29 is 9.53 Å². The van der Waals surface area contributed by atoms with E-state index in [4.69, 9.17) is 4.74 Å². The molecule has 0 aromatic heterocycles. The number of ether oxygens (including phenoxy) is 1. The van der Waals surface area contributed by atoms with Crippen molar-refractivity contribution in [1.82, 2.24) is 15.8 Å². The van der Waals surface area contributed by atoms with Crippen LogP contribution in [0.3, 0.4) is 0 Å². The first-order valence-corrected chi connectivity index (χ1v) is 4.22. The summed E-state index contributed by atoms with van der Waals surface area (Å²) in [5.41, 5.74) is 2.65. The van der Waals surface area contributed by atoms with Crippen molar-refractivity contribution in [2.45, 2.75) is 6.92 Å². The lowest BCUT2D eigenvalue weighted by Gasteiger charge is -2.26. The summed E-state index contributed by atoms with van der Waals surface area (Å²) in [6.07, 6.45) is -0.362. The van der Waals surface area contributed by atoms with E-state index < -0.39 is 0 Å². The lowest BCUT2D eigenvalue weighted by atomic mass is 10.4. The second-order valence-electron chi connectivity index (χ2n) is 2.57. The van der Waals surface area contributed by atoms with Crippen LogP contribution >= 0.6 is 12.4 Å². The van der Waals surface area contributed by atoms with Gasteiger partial charge in [-0.3, -0.25) is 5.43 Å². The largest absolute Gasteiger partial charge is 0.449 e. The van der Waals surface area contributed by atoms with Gasteiger partial charge < -0.3 is 10.1 Å². The number of hydrazine groups is 1. The lowest BCUT2D eigenvalue weighted by molar-refractivity contribution is 0.102. The van der Waals surface area contributed by atoms with Crippen molar-refractivity contribution in [3.8, 4) is 0 Å². The smallest absolute Gasteiger partial charge is 0.421 e. The Kier molecular flexibility index (Phi) is 6.66. The molecule has 1 aliphatic rings. The van der Waals surface area contributed by atoms with Gasteiger partial charge in [-0.25, -0.2) is 9.80 Å². The van der Waals surface area contributed by atoms with E-state index in [1.807, 2.05) is 5.01 Å². The van der Waals surface area contributed by atoms with E-state index in [0.29, 0.717) is 6.61 Å². The number of halogens is 1. The first kappa shape index (κ1) is 12.5. The van der Waals surface area contributed by atoms with E-state index in [1.54, 1.807) is 6.92 Å². The van der Waals surface area contributed by atoms with Crippen LogP contribution in [0.5, 0.6) is 0 Å². The van der Waals surface area contributed by atoms with E-state index in [0.717, 1.165) is 26.2 Å². The minimum atomic E-state index is -0.362. The minimum absolute atomic E-state index is 0. The quantitative estimate of drug-likeness (QED) is 0.671. The Labute approximate surface area is 84.2 Å². The summed E-state index contributed by atoms with van der Waals surface area (Å²) in [5, 5.41) is 5.04. The summed E-state index contributed by atoms with van der Waals surface area (Å²) >= 11 is 0. The molecule has 1 amide bonds. The van der Waals surface area contributed by atoms with Crippen molar-refractivity contribution in [1.29, 1.82) is 0 Å². The molecule has 6 heteroatoms. The molecule has 0 bridgehead atoms. The third-order valence-corrected chi connectivity index (χ3v) is 1.64. The Balaban J connectivity index is 0.00000144. The molecule has 1 aliphatic heterocycles. The third-order valence-electron chi connectivity index (χ3n) is 1.64. The normalized spacial score (nSPS) is 17.3. The lowest BCUT2D eigenvalue weighted by Crippen LogP contribution is -2.52. The molecular weight excluding hydrogens is 194 g/mol. The molecule has 0 unspecified atom stereocenters. The molecule has 2 N–H and O–H groups in total. The van der Waals surface area contributed by atoms with Crippen molar-refractivity contribution in [2.75, 3.05) is 32.8 Å². The second kappa shape index (κ2) is 6.94. The van der Waals surface area contributed by atoms with Gasteiger partial charge in [-0.05, 0) is 6.92 Å². The van der Waals surface area contributed by atoms with E-state index in [9.17, 15) is 4.79 Å². The van der Waals surface area contributed by atoms with Gasteiger partial charge in [0.2, 0.25) is 0 Å². The molecule has 0 spiro atoms. The van der Waals surface area contributed by atoms with Gasteiger partial charge in [-0.1, -0.05) is 0 Å². The number of hydrogen-bond acceptors (Lipinski definition) is 4. The maximum atomic E-state index is 10.9.